The Morgan fingerprint density at radius 2 is 2.07 bits per heavy atom. The molecule has 0 atom stereocenters. The minimum Gasteiger partial charge on any atom is -0.492 e. The summed E-state index contributed by atoms with van der Waals surface area (Å²) in [4.78, 5) is 23.6. The highest BCUT2D eigenvalue weighted by molar-refractivity contribution is 6.32. The first kappa shape index (κ1) is 21.1. The van der Waals surface area contributed by atoms with Crippen LogP contribution in [0, 0.1) is 5.82 Å². The molecule has 3 rings (SSSR count). The Hall–Kier alpha value is -2.58. The maximum Gasteiger partial charge on any atom is 0.341 e. The molecule has 0 saturated heterocycles. The van der Waals surface area contributed by atoms with Gasteiger partial charge in [0.15, 0.2) is 5.82 Å². The van der Waals surface area contributed by atoms with E-state index in [0.29, 0.717) is 37.5 Å². The van der Waals surface area contributed by atoms with Gasteiger partial charge in [-0.25, -0.2) is 9.18 Å². The number of ether oxygens (including phenoxy) is 2. The van der Waals surface area contributed by atoms with E-state index in [2.05, 4.69) is 0 Å². The van der Waals surface area contributed by atoms with E-state index in [1.54, 1.807) is 24.3 Å². The van der Waals surface area contributed by atoms with Gasteiger partial charge in [-0.15, -0.1) is 0 Å². The lowest BCUT2D eigenvalue weighted by Gasteiger charge is -2.38. The molecular weight excluding hydrogens is 403 g/mol. The number of carboxylic acid groups (broad SMARTS) is 1. The molecule has 0 amide bonds. The first-order valence-corrected chi connectivity index (χ1v) is 9.54. The van der Waals surface area contributed by atoms with E-state index in [1.807, 2.05) is 13.8 Å². The number of hydrogen-bond acceptors (Lipinski definition) is 5. The van der Waals surface area contributed by atoms with Gasteiger partial charge in [0.1, 0.15) is 17.0 Å². The van der Waals surface area contributed by atoms with Gasteiger partial charge in [-0.3, -0.25) is 9.47 Å². The Balaban J connectivity index is 2.14. The SMILES string of the molecule is COCCCOc1cc2c(cc1Cl)-c1c(F)c(=O)c(C(=O)O)cn1N(C(C)C)C2. The molecule has 0 bridgehead atoms. The van der Waals surface area contributed by atoms with Crippen LogP contribution in [0.25, 0.3) is 11.3 Å². The summed E-state index contributed by atoms with van der Waals surface area (Å²) in [5, 5.41) is 11.3. The summed E-state index contributed by atoms with van der Waals surface area (Å²) in [6.45, 7) is 5.11. The summed E-state index contributed by atoms with van der Waals surface area (Å²) in [7, 11) is 1.61. The van der Waals surface area contributed by atoms with Crippen molar-refractivity contribution in [2.24, 2.45) is 0 Å². The third-order valence-corrected chi connectivity index (χ3v) is 5.03. The van der Waals surface area contributed by atoms with E-state index >= 15 is 4.39 Å². The summed E-state index contributed by atoms with van der Waals surface area (Å²) in [5.74, 6) is -2.14. The van der Waals surface area contributed by atoms with E-state index in [1.165, 1.54) is 4.68 Å². The molecular formula is C20H22ClFN2O5. The number of aromatic carboxylic acids is 1. The number of aromatic nitrogens is 1. The maximum absolute atomic E-state index is 15.0. The standard InChI is InChI=1S/C20H22ClFN2O5/c1-11(2)23-9-12-7-16(29-6-4-5-28-3)15(21)8-13(12)18-17(22)19(25)14(20(26)27)10-24(18)23/h7-8,10-11H,4-6,9H2,1-3H3,(H,26,27). The summed E-state index contributed by atoms with van der Waals surface area (Å²) in [5.41, 5.74) is -0.627. The van der Waals surface area contributed by atoms with Crippen LogP contribution in [0.15, 0.2) is 23.1 Å². The number of halogens is 2. The number of nitrogens with zero attached hydrogens (tertiary/aromatic N) is 2. The van der Waals surface area contributed by atoms with Crippen molar-refractivity contribution in [1.29, 1.82) is 0 Å². The Morgan fingerprint density at radius 3 is 2.69 bits per heavy atom. The van der Waals surface area contributed by atoms with Crippen molar-refractivity contribution in [3.8, 4) is 17.0 Å². The molecule has 0 unspecified atom stereocenters. The summed E-state index contributed by atoms with van der Waals surface area (Å²) in [6.07, 6.45) is 1.85. The average molecular weight is 425 g/mol. The third-order valence-electron chi connectivity index (χ3n) is 4.73. The molecule has 156 valence electrons. The third kappa shape index (κ3) is 3.95. The van der Waals surface area contributed by atoms with Crippen molar-refractivity contribution < 1.29 is 23.8 Å². The van der Waals surface area contributed by atoms with E-state index in [0.717, 1.165) is 11.8 Å². The number of fused-ring (bicyclic) bond motifs is 3. The summed E-state index contributed by atoms with van der Waals surface area (Å²) < 4.78 is 27.1. The van der Waals surface area contributed by atoms with Crippen molar-refractivity contribution in [3.63, 3.8) is 0 Å². The van der Waals surface area contributed by atoms with E-state index in [4.69, 9.17) is 21.1 Å². The lowest BCUT2D eigenvalue weighted by molar-refractivity contribution is 0.0693. The first-order chi connectivity index (χ1) is 13.8. The quantitative estimate of drug-likeness (QED) is 0.687. The van der Waals surface area contributed by atoms with Crippen LogP contribution in [0.3, 0.4) is 0 Å². The molecule has 1 aromatic heterocycles. The van der Waals surface area contributed by atoms with Gasteiger partial charge in [0.2, 0.25) is 5.43 Å². The zero-order valence-electron chi connectivity index (χ0n) is 16.4. The lowest BCUT2D eigenvalue weighted by atomic mass is 9.99. The van der Waals surface area contributed by atoms with Crippen LogP contribution in [-0.2, 0) is 11.3 Å². The summed E-state index contributed by atoms with van der Waals surface area (Å²) >= 11 is 6.34. The fraction of sp³-hybridized carbons (Fsp3) is 0.400. The second kappa shape index (κ2) is 8.42. The predicted molar refractivity (Wildman–Crippen MR) is 107 cm³/mol. The molecule has 7 nitrogen and oxygen atoms in total. The van der Waals surface area contributed by atoms with Crippen molar-refractivity contribution in [1.82, 2.24) is 4.68 Å². The van der Waals surface area contributed by atoms with E-state index in [-0.39, 0.29) is 16.8 Å². The number of methoxy groups -OCH3 is 1. The predicted octanol–water partition coefficient (Wildman–Crippen LogP) is 3.28. The van der Waals surface area contributed by atoms with Gasteiger partial charge in [-0.1, -0.05) is 11.6 Å². The highest BCUT2D eigenvalue weighted by Gasteiger charge is 2.30. The van der Waals surface area contributed by atoms with Gasteiger partial charge >= 0.3 is 5.97 Å². The summed E-state index contributed by atoms with van der Waals surface area (Å²) in [6, 6.07) is 3.19. The first-order valence-electron chi connectivity index (χ1n) is 9.16. The number of hydrogen-bond donors (Lipinski definition) is 1. The van der Waals surface area contributed by atoms with Gasteiger partial charge in [0.05, 0.1) is 18.2 Å². The minimum absolute atomic E-state index is 0.0113. The Morgan fingerprint density at radius 1 is 1.34 bits per heavy atom. The van der Waals surface area contributed by atoms with Crippen LogP contribution >= 0.6 is 11.6 Å². The average Bonchev–Trinajstić information content (AvgIpc) is 2.67. The number of pyridine rings is 1. The molecule has 2 heterocycles. The fourth-order valence-electron chi connectivity index (χ4n) is 3.29. The number of carbonyl (C=O) groups is 1. The molecule has 1 aromatic carbocycles. The van der Waals surface area contributed by atoms with Crippen molar-refractivity contribution >= 4 is 17.6 Å². The molecule has 0 fully saturated rings. The topological polar surface area (TPSA) is 81.0 Å². The van der Waals surface area contributed by atoms with Gasteiger partial charge in [-0.05, 0) is 31.5 Å². The number of rotatable bonds is 7. The van der Waals surface area contributed by atoms with Gasteiger partial charge < -0.3 is 19.6 Å². The molecule has 2 aromatic rings. The van der Waals surface area contributed by atoms with Crippen LogP contribution in [0.1, 0.15) is 36.2 Å². The van der Waals surface area contributed by atoms with Crippen molar-refractivity contribution in [2.75, 3.05) is 25.3 Å². The van der Waals surface area contributed by atoms with Crippen LogP contribution in [0.5, 0.6) is 5.75 Å². The molecule has 1 aliphatic heterocycles. The van der Waals surface area contributed by atoms with E-state index in [9.17, 15) is 14.7 Å². The van der Waals surface area contributed by atoms with Crippen LogP contribution < -0.4 is 15.2 Å². The minimum atomic E-state index is -1.48. The van der Waals surface area contributed by atoms with Gasteiger partial charge in [-0.2, -0.15) is 0 Å². The molecule has 0 aliphatic carbocycles. The second-order valence-corrected chi connectivity index (χ2v) is 7.42. The number of benzene rings is 1. The van der Waals surface area contributed by atoms with Crippen LogP contribution in [0.2, 0.25) is 5.02 Å². The highest BCUT2D eigenvalue weighted by atomic mass is 35.5. The largest absolute Gasteiger partial charge is 0.492 e. The normalized spacial score (nSPS) is 12.7. The molecule has 29 heavy (non-hydrogen) atoms. The zero-order valence-corrected chi connectivity index (χ0v) is 17.1. The molecule has 1 N–H and O–H groups in total. The van der Waals surface area contributed by atoms with Crippen LogP contribution in [0.4, 0.5) is 4.39 Å². The molecule has 0 saturated carbocycles. The monoisotopic (exact) mass is 424 g/mol. The smallest absolute Gasteiger partial charge is 0.341 e. The molecule has 1 aliphatic rings. The van der Waals surface area contributed by atoms with Crippen LogP contribution in [-0.4, -0.2) is 42.1 Å². The number of carboxylic acids is 1. The van der Waals surface area contributed by atoms with Gasteiger partial charge in [0, 0.05) is 37.9 Å². The second-order valence-electron chi connectivity index (χ2n) is 7.01. The zero-order chi connectivity index (χ0) is 21.3. The Kier molecular flexibility index (Phi) is 6.14. The fourth-order valence-corrected chi connectivity index (χ4v) is 3.51. The maximum atomic E-state index is 15.0. The van der Waals surface area contributed by atoms with Crippen molar-refractivity contribution in [3.05, 3.63) is 50.5 Å². The highest BCUT2D eigenvalue weighted by Crippen LogP contribution is 2.38. The Bertz CT molecular complexity index is 1010. The molecule has 0 radical (unpaired) electrons. The molecule has 9 heteroatoms. The molecule has 0 spiro atoms. The lowest BCUT2D eigenvalue weighted by Crippen LogP contribution is -2.45. The van der Waals surface area contributed by atoms with Gasteiger partial charge in [0.25, 0.3) is 0 Å². The Labute approximate surface area is 172 Å². The van der Waals surface area contributed by atoms with Crippen molar-refractivity contribution in [2.45, 2.75) is 32.9 Å². The van der Waals surface area contributed by atoms with E-state index < -0.39 is 22.8 Å².